The number of ether oxygens (including phenoxy) is 1. The molecule has 5 rings (SSSR count). The second kappa shape index (κ2) is 13.0. The van der Waals surface area contributed by atoms with E-state index in [4.69, 9.17) is 10.5 Å². The SMILES string of the molecule is C[C@H]1CC[C@H](c2cccc(N3CCN(C)CC3)c2)N(C(=O)C(=O)Nc2cnc(N)c3cnn(COCC[Si](C)(C)C)c23)C1. The highest BCUT2D eigenvalue weighted by Gasteiger charge is 2.35. The molecule has 3 aromatic rings. The van der Waals surface area contributed by atoms with E-state index in [0.717, 1.165) is 56.3 Å². The van der Waals surface area contributed by atoms with E-state index < -0.39 is 19.9 Å². The molecule has 3 N–H and O–H groups in total. The number of carbonyl (C=O) groups excluding carboxylic acids is 2. The number of likely N-dealkylation sites (tertiary alicyclic amines) is 1. The molecule has 2 saturated heterocycles. The van der Waals surface area contributed by atoms with E-state index in [1.165, 1.54) is 6.20 Å². The van der Waals surface area contributed by atoms with E-state index in [-0.39, 0.29) is 12.8 Å². The summed E-state index contributed by atoms with van der Waals surface area (Å²) in [6, 6.07) is 9.33. The first-order chi connectivity index (χ1) is 20.5. The van der Waals surface area contributed by atoms with Crippen molar-refractivity contribution in [3.63, 3.8) is 0 Å². The van der Waals surface area contributed by atoms with Crippen molar-refractivity contribution in [2.75, 3.05) is 62.3 Å². The zero-order valence-electron chi connectivity index (χ0n) is 26.2. The predicted molar refractivity (Wildman–Crippen MR) is 174 cm³/mol. The Bertz CT molecular complexity index is 1450. The summed E-state index contributed by atoms with van der Waals surface area (Å²) >= 11 is 0. The van der Waals surface area contributed by atoms with Gasteiger partial charge in [-0.05, 0) is 49.5 Å². The third-order valence-electron chi connectivity index (χ3n) is 8.56. The molecule has 2 fully saturated rings. The van der Waals surface area contributed by atoms with Crippen LogP contribution in [0.4, 0.5) is 17.2 Å². The van der Waals surface area contributed by atoms with Crippen LogP contribution in [-0.2, 0) is 21.1 Å². The molecule has 0 unspecified atom stereocenters. The van der Waals surface area contributed by atoms with Gasteiger partial charge in [0.2, 0.25) is 0 Å². The molecule has 11 nitrogen and oxygen atoms in total. The lowest BCUT2D eigenvalue weighted by Gasteiger charge is -2.39. The standard InChI is InChI=1S/C31H46N8O3Si/c1-22-9-10-27(23-7-6-8-24(17-23)37-13-11-36(2)12-14-37)38(20-22)31(41)30(40)35-26-19-33-29(32)25-18-34-39(28(25)26)21-42-15-16-43(3,4)5/h6-8,17-19,22,27H,9-16,20-21H2,1-5H3,(H2,32,33)(H,35,40)/t22-,27+/m0/s1. The van der Waals surface area contributed by atoms with Crippen molar-refractivity contribution >= 4 is 48.0 Å². The third kappa shape index (κ3) is 7.36. The minimum atomic E-state index is -1.24. The summed E-state index contributed by atoms with van der Waals surface area (Å²) in [7, 11) is 0.905. The Kier molecular flexibility index (Phi) is 9.38. The smallest absolute Gasteiger partial charge is 0.314 e. The molecule has 0 radical (unpaired) electrons. The van der Waals surface area contributed by atoms with Crippen molar-refractivity contribution in [1.82, 2.24) is 24.6 Å². The number of hydrogen-bond acceptors (Lipinski definition) is 8. The minimum Gasteiger partial charge on any atom is -0.383 e. The molecule has 232 valence electrons. The van der Waals surface area contributed by atoms with Crippen molar-refractivity contribution in [1.29, 1.82) is 0 Å². The number of benzene rings is 1. The molecule has 2 aliphatic heterocycles. The molecule has 0 aliphatic carbocycles. The van der Waals surface area contributed by atoms with Crippen LogP contribution >= 0.6 is 0 Å². The van der Waals surface area contributed by atoms with Crippen molar-refractivity contribution in [3.05, 3.63) is 42.2 Å². The van der Waals surface area contributed by atoms with E-state index in [1.54, 1.807) is 15.8 Å². The van der Waals surface area contributed by atoms with E-state index in [1.807, 2.05) is 0 Å². The predicted octanol–water partition coefficient (Wildman–Crippen LogP) is 4.02. The summed E-state index contributed by atoms with van der Waals surface area (Å²) in [4.78, 5) is 38.1. The Balaban J connectivity index is 1.34. The summed E-state index contributed by atoms with van der Waals surface area (Å²) in [5, 5.41) is 7.87. The maximum absolute atomic E-state index is 13.8. The van der Waals surface area contributed by atoms with Crippen LogP contribution < -0.4 is 16.0 Å². The molecule has 0 spiro atoms. The van der Waals surface area contributed by atoms with E-state index >= 15 is 0 Å². The molecule has 0 bridgehead atoms. The fourth-order valence-corrected chi connectivity index (χ4v) is 6.62. The molecule has 2 aliphatic rings. The first kappa shape index (κ1) is 31.0. The van der Waals surface area contributed by atoms with Gasteiger partial charge in [-0.25, -0.2) is 9.67 Å². The molecule has 12 heteroatoms. The first-order valence-electron chi connectivity index (χ1n) is 15.3. The van der Waals surface area contributed by atoms with E-state index in [0.29, 0.717) is 41.5 Å². The Morgan fingerprint density at radius 3 is 2.63 bits per heavy atom. The summed E-state index contributed by atoms with van der Waals surface area (Å²) in [6.45, 7) is 14.4. The average Bonchev–Trinajstić information content (AvgIpc) is 3.41. The van der Waals surface area contributed by atoms with Crippen LogP contribution in [0.3, 0.4) is 0 Å². The lowest BCUT2D eigenvalue weighted by Crippen LogP contribution is -2.46. The monoisotopic (exact) mass is 606 g/mol. The highest BCUT2D eigenvalue weighted by atomic mass is 28.3. The fraction of sp³-hybridized carbons (Fsp3) is 0.548. The van der Waals surface area contributed by atoms with Gasteiger partial charge in [-0.2, -0.15) is 5.10 Å². The quantitative estimate of drug-likeness (QED) is 0.224. The van der Waals surface area contributed by atoms with Gasteiger partial charge in [-0.3, -0.25) is 9.59 Å². The number of fused-ring (bicyclic) bond motifs is 1. The van der Waals surface area contributed by atoms with Crippen LogP contribution in [0.5, 0.6) is 0 Å². The van der Waals surface area contributed by atoms with Gasteiger partial charge < -0.3 is 30.5 Å². The lowest BCUT2D eigenvalue weighted by atomic mass is 9.89. The summed E-state index contributed by atoms with van der Waals surface area (Å²) in [6.07, 6.45) is 4.90. The normalized spacial score (nSPS) is 20.0. The van der Waals surface area contributed by atoms with E-state index in [2.05, 4.69) is 83.1 Å². The third-order valence-corrected chi connectivity index (χ3v) is 10.3. The molecule has 2 amide bonds. The molecular weight excluding hydrogens is 560 g/mol. The number of rotatable bonds is 8. The summed E-state index contributed by atoms with van der Waals surface area (Å²) < 4.78 is 7.58. The molecule has 2 atom stereocenters. The molecule has 2 aromatic heterocycles. The Morgan fingerprint density at radius 2 is 1.88 bits per heavy atom. The number of amides is 2. The number of piperidine rings is 1. The number of nitrogens with one attached hydrogen (secondary N) is 1. The highest BCUT2D eigenvalue weighted by Crippen LogP contribution is 2.35. The zero-order valence-corrected chi connectivity index (χ0v) is 27.2. The Morgan fingerprint density at radius 1 is 1.12 bits per heavy atom. The van der Waals surface area contributed by atoms with Crippen LogP contribution in [0.1, 0.15) is 31.4 Å². The number of nitrogen functional groups attached to an aromatic ring is 1. The topological polar surface area (TPSA) is 122 Å². The van der Waals surface area contributed by atoms with Crippen LogP contribution in [0.15, 0.2) is 36.7 Å². The first-order valence-corrected chi connectivity index (χ1v) is 19.0. The van der Waals surface area contributed by atoms with Gasteiger partial charge in [-0.15, -0.1) is 0 Å². The number of aromatic nitrogens is 3. The highest BCUT2D eigenvalue weighted by molar-refractivity contribution is 6.76. The van der Waals surface area contributed by atoms with Gasteiger partial charge in [0.05, 0.1) is 35.0 Å². The maximum Gasteiger partial charge on any atom is 0.314 e. The van der Waals surface area contributed by atoms with Gasteiger partial charge in [0, 0.05) is 53.1 Å². The van der Waals surface area contributed by atoms with Crippen molar-refractivity contribution in [3.8, 4) is 0 Å². The Hall–Kier alpha value is -3.48. The van der Waals surface area contributed by atoms with Crippen LogP contribution in [0, 0.1) is 5.92 Å². The number of carbonyl (C=O) groups is 2. The van der Waals surface area contributed by atoms with Gasteiger partial charge in [0.25, 0.3) is 0 Å². The molecule has 0 saturated carbocycles. The van der Waals surface area contributed by atoms with Crippen molar-refractivity contribution in [2.45, 2.75) is 58.2 Å². The zero-order chi connectivity index (χ0) is 30.7. The summed E-state index contributed by atoms with van der Waals surface area (Å²) in [5.41, 5.74) is 9.33. The molecular formula is C31H46N8O3Si. The van der Waals surface area contributed by atoms with Crippen LogP contribution in [-0.4, -0.2) is 90.8 Å². The Labute approximate surface area is 255 Å². The fourth-order valence-electron chi connectivity index (χ4n) is 5.86. The second-order valence-corrected chi connectivity index (χ2v) is 18.9. The molecule has 1 aromatic carbocycles. The largest absolute Gasteiger partial charge is 0.383 e. The number of nitrogens with two attached hydrogens (primary N) is 1. The molecule has 43 heavy (non-hydrogen) atoms. The number of pyridine rings is 1. The van der Waals surface area contributed by atoms with Gasteiger partial charge in [0.1, 0.15) is 12.5 Å². The average molecular weight is 607 g/mol. The van der Waals surface area contributed by atoms with Gasteiger partial charge in [-0.1, -0.05) is 38.7 Å². The number of likely N-dealkylation sites (N-methyl/N-ethyl adjacent to an activating group) is 1. The van der Waals surface area contributed by atoms with Crippen LogP contribution in [0.2, 0.25) is 25.7 Å². The number of nitrogens with zero attached hydrogens (tertiary/aromatic N) is 6. The number of hydrogen-bond donors (Lipinski definition) is 2. The number of piperazine rings is 1. The maximum atomic E-state index is 13.8. The minimum absolute atomic E-state index is 0.170. The second-order valence-electron chi connectivity index (χ2n) is 13.3. The van der Waals surface area contributed by atoms with Crippen molar-refractivity contribution in [2.24, 2.45) is 5.92 Å². The van der Waals surface area contributed by atoms with Crippen LogP contribution in [0.25, 0.3) is 10.9 Å². The number of anilines is 3. The van der Waals surface area contributed by atoms with Gasteiger partial charge in [0.15, 0.2) is 0 Å². The lowest BCUT2D eigenvalue weighted by molar-refractivity contribution is -0.146. The van der Waals surface area contributed by atoms with Gasteiger partial charge >= 0.3 is 11.8 Å². The van der Waals surface area contributed by atoms with E-state index in [9.17, 15) is 9.59 Å². The van der Waals surface area contributed by atoms with Crippen molar-refractivity contribution < 1.29 is 14.3 Å². The molecule has 4 heterocycles. The summed E-state index contributed by atoms with van der Waals surface area (Å²) in [5.74, 6) is -0.648.